The highest BCUT2D eigenvalue weighted by Crippen LogP contribution is 2.19. The molecule has 3 heterocycles. The van der Waals surface area contributed by atoms with Crippen molar-refractivity contribution in [3.63, 3.8) is 0 Å². The summed E-state index contributed by atoms with van der Waals surface area (Å²) in [6, 6.07) is 14.2. The van der Waals surface area contributed by atoms with E-state index in [1.54, 1.807) is 0 Å². The van der Waals surface area contributed by atoms with Gasteiger partial charge in [-0.1, -0.05) is 59.7 Å². The van der Waals surface area contributed by atoms with Crippen molar-refractivity contribution in [2.75, 3.05) is 0 Å². The third kappa shape index (κ3) is 4.51. The van der Waals surface area contributed by atoms with E-state index in [0.29, 0.717) is 11.8 Å². The normalized spacial score (nSPS) is 10.6. The van der Waals surface area contributed by atoms with Crippen molar-refractivity contribution < 1.29 is 0 Å². The van der Waals surface area contributed by atoms with Gasteiger partial charge < -0.3 is 4.98 Å². The van der Waals surface area contributed by atoms with Crippen LogP contribution in [-0.2, 0) is 0 Å². The molecule has 0 amide bonds. The molecule has 0 atom stereocenters. The lowest BCUT2D eigenvalue weighted by molar-refractivity contribution is 0.799. The van der Waals surface area contributed by atoms with E-state index < -0.39 is 0 Å². The first-order valence-corrected chi connectivity index (χ1v) is 9.43. The summed E-state index contributed by atoms with van der Waals surface area (Å²) in [6.45, 7) is 12.6. The number of H-pyrrole nitrogens is 1. The van der Waals surface area contributed by atoms with Gasteiger partial charge in [0.25, 0.3) is 0 Å². The lowest BCUT2D eigenvalue weighted by Gasteiger charge is -2.00. The maximum Gasteiger partial charge on any atom is 0.109 e. The number of hydrogen-bond acceptors (Lipinski definition) is 2. The van der Waals surface area contributed by atoms with Crippen LogP contribution in [0.15, 0.2) is 54.9 Å². The fourth-order valence-corrected chi connectivity index (χ4v) is 2.65. The van der Waals surface area contributed by atoms with Gasteiger partial charge in [0.2, 0.25) is 0 Å². The van der Waals surface area contributed by atoms with Crippen LogP contribution >= 0.6 is 0 Å². The molecule has 0 unspecified atom stereocenters. The number of benzene rings is 1. The molecule has 4 heteroatoms. The molecule has 0 aliphatic carbocycles. The standard InChI is InChI=1S/2C10H12N2.C2H6/c1-8(2)9-7-11-12-6-4-3-5-10(9)12;1-7(2)10-11-8-5-3-4-6-9(8)12-10;1-2/h3-8H,1-2H3;3-7H,1-2H3,(H,11,12);1-2H3. The van der Waals surface area contributed by atoms with Gasteiger partial charge in [-0.3, -0.25) is 0 Å². The zero-order valence-corrected chi connectivity index (χ0v) is 16.7. The molecule has 0 radical (unpaired) electrons. The van der Waals surface area contributed by atoms with Crippen molar-refractivity contribution in [2.24, 2.45) is 0 Å². The van der Waals surface area contributed by atoms with Gasteiger partial charge in [0.15, 0.2) is 0 Å². The topological polar surface area (TPSA) is 46.0 Å². The van der Waals surface area contributed by atoms with Crippen LogP contribution in [0.25, 0.3) is 16.6 Å². The molecular formula is C22H30N4. The zero-order chi connectivity index (χ0) is 19.1. The monoisotopic (exact) mass is 350 g/mol. The molecule has 4 nitrogen and oxygen atoms in total. The molecule has 0 aliphatic heterocycles. The zero-order valence-electron chi connectivity index (χ0n) is 16.7. The molecule has 0 saturated carbocycles. The number of aromatic nitrogens is 4. The highest BCUT2D eigenvalue weighted by Gasteiger charge is 2.05. The van der Waals surface area contributed by atoms with Crippen molar-refractivity contribution >= 4 is 16.6 Å². The average molecular weight is 351 g/mol. The van der Waals surface area contributed by atoms with Gasteiger partial charge in [0, 0.05) is 17.7 Å². The first kappa shape index (κ1) is 19.7. The number of para-hydroxylation sites is 2. The number of hydrogen-bond donors (Lipinski definition) is 1. The quantitative estimate of drug-likeness (QED) is 0.470. The van der Waals surface area contributed by atoms with Crippen LogP contribution in [0.2, 0.25) is 0 Å². The molecular weight excluding hydrogens is 320 g/mol. The Morgan fingerprint density at radius 1 is 0.885 bits per heavy atom. The Kier molecular flexibility index (Phi) is 6.96. The fourth-order valence-electron chi connectivity index (χ4n) is 2.65. The Bertz CT molecular complexity index is 890. The number of aromatic amines is 1. The van der Waals surface area contributed by atoms with Gasteiger partial charge in [-0.05, 0) is 30.2 Å². The fraction of sp³-hybridized carbons (Fsp3) is 0.364. The summed E-state index contributed by atoms with van der Waals surface area (Å²) in [7, 11) is 0. The number of rotatable bonds is 2. The van der Waals surface area contributed by atoms with E-state index in [2.05, 4.69) is 48.8 Å². The van der Waals surface area contributed by atoms with E-state index in [0.717, 1.165) is 16.9 Å². The van der Waals surface area contributed by atoms with Crippen molar-refractivity contribution in [2.45, 2.75) is 53.4 Å². The predicted octanol–water partition coefficient (Wildman–Crippen LogP) is 6.17. The van der Waals surface area contributed by atoms with E-state index in [-0.39, 0.29) is 0 Å². The van der Waals surface area contributed by atoms with Gasteiger partial charge >= 0.3 is 0 Å². The minimum atomic E-state index is 0.470. The lowest BCUT2D eigenvalue weighted by Crippen LogP contribution is -1.88. The molecule has 4 rings (SSSR count). The molecule has 0 fully saturated rings. The molecule has 1 N–H and O–H groups in total. The Morgan fingerprint density at radius 3 is 2.23 bits per heavy atom. The van der Waals surface area contributed by atoms with Crippen LogP contribution < -0.4 is 0 Å². The molecule has 0 saturated heterocycles. The van der Waals surface area contributed by atoms with Crippen LogP contribution in [0.5, 0.6) is 0 Å². The van der Waals surface area contributed by atoms with Gasteiger partial charge in [-0.15, -0.1) is 0 Å². The molecule has 0 bridgehead atoms. The van der Waals surface area contributed by atoms with Crippen LogP contribution in [0.3, 0.4) is 0 Å². The maximum absolute atomic E-state index is 4.46. The average Bonchev–Trinajstić information content (AvgIpc) is 3.28. The summed E-state index contributed by atoms with van der Waals surface area (Å²) < 4.78 is 1.91. The molecule has 0 aliphatic rings. The highest BCUT2D eigenvalue weighted by molar-refractivity contribution is 5.74. The van der Waals surface area contributed by atoms with Gasteiger partial charge in [-0.25, -0.2) is 9.50 Å². The molecule has 1 aromatic carbocycles. The van der Waals surface area contributed by atoms with Gasteiger partial charge in [0.05, 0.1) is 22.7 Å². The molecule has 4 aromatic rings. The highest BCUT2D eigenvalue weighted by atomic mass is 15.2. The lowest BCUT2D eigenvalue weighted by atomic mass is 10.1. The molecule has 3 aromatic heterocycles. The molecule has 0 spiro atoms. The second-order valence-corrected chi connectivity index (χ2v) is 6.58. The predicted molar refractivity (Wildman–Crippen MR) is 111 cm³/mol. The number of imidazole rings is 1. The van der Waals surface area contributed by atoms with Crippen molar-refractivity contribution in [1.29, 1.82) is 0 Å². The van der Waals surface area contributed by atoms with E-state index >= 15 is 0 Å². The SMILES string of the molecule is CC.CC(C)c1cnn2ccccc12.CC(C)c1nc2ccccc2[nH]1. The third-order valence-corrected chi connectivity index (χ3v) is 4.03. The van der Waals surface area contributed by atoms with Crippen LogP contribution in [0.1, 0.15) is 64.8 Å². The summed E-state index contributed by atoms with van der Waals surface area (Å²) in [6.07, 6.45) is 3.92. The Balaban J connectivity index is 0.000000171. The maximum atomic E-state index is 4.46. The smallest absolute Gasteiger partial charge is 0.109 e. The van der Waals surface area contributed by atoms with Gasteiger partial charge in [0.1, 0.15) is 5.82 Å². The summed E-state index contributed by atoms with van der Waals surface area (Å²) in [5.41, 5.74) is 4.71. The van der Waals surface area contributed by atoms with Gasteiger partial charge in [-0.2, -0.15) is 5.10 Å². The summed E-state index contributed by atoms with van der Waals surface area (Å²) in [5, 5.41) is 4.26. The molecule has 138 valence electrons. The summed E-state index contributed by atoms with van der Waals surface area (Å²) in [5.74, 6) is 2.08. The number of nitrogens with one attached hydrogen (secondary N) is 1. The number of fused-ring (bicyclic) bond motifs is 2. The van der Waals surface area contributed by atoms with E-state index in [1.807, 2.05) is 67.2 Å². The Labute approximate surface area is 156 Å². The van der Waals surface area contributed by atoms with Crippen molar-refractivity contribution in [3.8, 4) is 0 Å². The second kappa shape index (κ2) is 9.18. The van der Waals surface area contributed by atoms with Crippen molar-refractivity contribution in [1.82, 2.24) is 19.6 Å². The number of nitrogens with zero attached hydrogens (tertiary/aromatic N) is 3. The van der Waals surface area contributed by atoms with Crippen LogP contribution in [0, 0.1) is 0 Å². The third-order valence-electron chi connectivity index (χ3n) is 4.03. The van der Waals surface area contributed by atoms with Crippen molar-refractivity contribution in [3.05, 3.63) is 66.2 Å². The largest absolute Gasteiger partial charge is 0.342 e. The minimum Gasteiger partial charge on any atom is -0.342 e. The minimum absolute atomic E-state index is 0.470. The summed E-state index contributed by atoms with van der Waals surface area (Å²) in [4.78, 5) is 7.74. The molecule has 26 heavy (non-hydrogen) atoms. The Morgan fingerprint density at radius 2 is 1.58 bits per heavy atom. The van der Waals surface area contributed by atoms with E-state index in [1.165, 1.54) is 11.1 Å². The first-order valence-electron chi connectivity index (χ1n) is 9.43. The van der Waals surface area contributed by atoms with E-state index in [9.17, 15) is 0 Å². The first-order chi connectivity index (χ1) is 12.6. The second-order valence-electron chi connectivity index (χ2n) is 6.58. The Hall–Kier alpha value is -2.62. The van der Waals surface area contributed by atoms with Crippen LogP contribution in [0.4, 0.5) is 0 Å². The van der Waals surface area contributed by atoms with E-state index in [4.69, 9.17) is 0 Å². The van der Waals surface area contributed by atoms with Crippen LogP contribution in [-0.4, -0.2) is 19.6 Å². The summed E-state index contributed by atoms with van der Waals surface area (Å²) >= 11 is 0. The number of pyridine rings is 1.